The van der Waals surface area contributed by atoms with Crippen LogP contribution in [0.3, 0.4) is 0 Å². The Kier molecular flexibility index (Phi) is 2.05. The van der Waals surface area contributed by atoms with Gasteiger partial charge in [-0.25, -0.2) is 0 Å². The van der Waals surface area contributed by atoms with E-state index < -0.39 is 5.54 Å². The van der Waals surface area contributed by atoms with Gasteiger partial charge in [-0.1, -0.05) is 0 Å². The minimum atomic E-state index is -0.662. The molecule has 0 spiro atoms. The van der Waals surface area contributed by atoms with Crippen molar-refractivity contribution in [2.75, 3.05) is 13.1 Å². The lowest BCUT2D eigenvalue weighted by atomic mass is 10.0. The first-order chi connectivity index (χ1) is 6.11. The van der Waals surface area contributed by atoms with E-state index >= 15 is 0 Å². The lowest BCUT2D eigenvalue weighted by Crippen LogP contribution is -2.49. The largest absolute Gasteiger partial charge is 0.313 e. The van der Waals surface area contributed by atoms with Gasteiger partial charge in [-0.2, -0.15) is 5.26 Å². The molecule has 1 saturated carbocycles. The van der Waals surface area contributed by atoms with Gasteiger partial charge in [0.05, 0.1) is 6.07 Å². The van der Waals surface area contributed by atoms with Gasteiger partial charge in [-0.15, -0.1) is 0 Å². The molecular weight excluding hydrogens is 162 g/mol. The molecule has 72 valence electrons. The van der Waals surface area contributed by atoms with E-state index in [2.05, 4.69) is 11.0 Å². The molecule has 3 nitrogen and oxygen atoms in total. The predicted molar refractivity (Wildman–Crippen MR) is 50.9 cm³/mol. The van der Waals surface area contributed by atoms with E-state index in [1.165, 1.54) is 25.8 Å². The average Bonchev–Trinajstić information content (AvgIpc) is 2.64. The molecule has 2 aliphatic rings. The maximum Gasteiger partial charge on any atom is 0.114 e. The fourth-order valence-corrected chi connectivity index (χ4v) is 2.68. The molecule has 1 aliphatic carbocycles. The zero-order valence-corrected chi connectivity index (χ0v) is 8.16. The van der Waals surface area contributed by atoms with Gasteiger partial charge in [-0.05, 0) is 32.1 Å². The molecule has 0 amide bonds. The maximum absolute atomic E-state index is 8.82. The third-order valence-corrected chi connectivity index (χ3v) is 3.31. The molecule has 1 heterocycles. The summed E-state index contributed by atoms with van der Waals surface area (Å²) in [5.74, 6) is 0.888. The van der Waals surface area contributed by atoms with E-state index in [1.807, 2.05) is 6.92 Å². The minimum Gasteiger partial charge on any atom is -0.313 e. The van der Waals surface area contributed by atoms with Crippen LogP contribution in [0.25, 0.3) is 0 Å². The molecule has 1 saturated heterocycles. The van der Waals surface area contributed by atoms with Crippen molar-refractivity contribution < 1.29 is 0 Å². The van der Waals surface area contributed by atoms with Gasteiger partial charge < -0.3 is 5.73 Å². The molecule has 2 N–H and O–H groups in total. The van der Waals surface area contributed by atoms with Crippen molar-refractivity contribution in [2.24, 2.45) is 11.7 Å². The van der Waals surface area contributed by atoms with Crippen molar-refractivity contribution in [3.05, 3.63) is 0 Å². The van der Waals surface area contributed by atoms with E-state index in [0.717, 1.165) is 18.5 Å². The maximum atomic E-state index is 8.82. The number of likely N-dealkylation sites (tertiary alicyclic amines) is 1. The smallest absolute Gasteiger partial charge is 0.114 e. The van der Waals surface area contributed by atoms with Crippen LogP contribution in [-0.4, -0.2) is 29.6 Å². The average molecular weight is 179 g/mol. The van der Waals surface area contributed by atoms with Gasteiger partial charge in [-0.3, -0.25) is 4.90 Å². The van der Waals surface area contributed by atoms with Crippen LogP contribution >= 0.6 is 0 Å². The summed E-state index contributed by atoms with van der Waals surface area (Å²) >= 11 is 0. The van der Waals surface area contributed by atoms with Crippen LogP contribution in [-0.2, 0) is 0 Å². The summed E-state index contributed by atoms with van der Waals surface area (Å²) in [5, 5.41) is 8.82. The Hall–Kier alpha value is -0.590. The first-order valence-electron chi connectivity index (χ1n) is 5.05. The molecule has 3 heteroatoms. The van der Waals surface area contributed by atoms with Gasteiger partial charge >= 0.3 is 0 Å². The highest BCUT2D eigenvalue weighted by Crippen LogP contribution is 2.37. The quantitative estimate of drug-likeness (QED) is 0.679. The van der Waals surface area contributed by atoms with Crippen molar-refractivity contribution in [1.29, 1.82) is 5.26 Å². The minimum absolute atomic E-state index is 0.662. The summed E-state index contributed by atoms with van der Waals surface area (Å²) in [6.07, 6.45) is 4.03. The van der Waals surface area contributed by atoms with Crippen LogP contribution in [0.5, 0.6) is 0 Å². The SMILES string of the molecule is CC(N)(C#N)CN1CC2CCC1C2. The van der Waals surface area contributed by atoms with Crippen LogP contribution in [0.4, 0.5) is 0 Å². The van der Waals surface area contributed by atoms with E-state index in [4.69, 9.17) is 11.0 Å². The highest BCUT2D eigenvalue weighted by Gasteiger charge is 2.39. The number of nitrogens with zero attached hydrogens (tertiary/aromatic N) is 2. The Balaban J connectivity index is 1.94. The monoisotopic (exact) mass is 179 g/mol. The Morgan fingerprint density at radius 3 is 2.85 bits per heavy atom. The normalized spacial score (nSPS) is 37.3. The third-order valence-electron chi connectivity index (χ3n) is 3.31. The topological polar surface area (TPSA) is 53.1 Å². The zero-order valence-electron chi connectivity index (χ0n) is 8.16. The molecule has 2 bridgehead atoms. The Morgan fingerprint density at radius 1 is 1.62 bits per heavy atom. The number of nitriles is 1. The fourth-order valence-electron chi connectivity index (χ4n) is 2.68. The Labute approximate surface area is 79.5 Å². The predicted octanol–water partition coefficient (Wildman–Crippen LogP) is 0.712. The van der Waals surface area contributed by atoms with Gasteiger partial charge in [0, 0.05) is 19.1 Å². The van der Waals surface area contributed by atoms with Gasteiger partial charge in [0.25, 0.3) is 0 Å². The van der Waals surface area contributed by atoms with Crippen LogP contribution in [0.2, 0.25) is 0 Å². The molecule has 13 heavy (non-hydrogen) atoms. The van der Waals surface area contributed by atoms with Crippen LogP contribution in [0, 0.1) is 17.2 Å². The Bertz CT molecular complexity index is 241. The van der Waals surface area contributed by atoms with Crippen molar-refractivity contribution in [2.45, 2.75) is 37.8 Å². The van der Waals surface area contributed by atoms with Crippen LogP contribution < -0.4 is 5.73 Å². The highest BCUT2D eigenvalue weighted by atomic mass is 15.2. The second-order valence-corrected chi connectivity index (χ2v) is 4.79. The summed E-state index contributed by atoms with van der Waals surface area (Å²) in [6, 6.07) is 2.89. The van der Waals surface area contributed by atoms with E-state index in [-0.39, 0.29) is 0 Å². The molecule has 0 aromatic rings. The summed E-state index contributed by atoms with van der Waals surface area (Å²) in [6.45, 7) is 3.72. The van der Waals surface area contributed by atoms with Crippen LogP contribution in [0.15, 0.2) is 0 Å². The van der Waals surface area contributed by atoms with Gasteiger partial charge in [0.1, 0.15) is 5.54 Å². The van der Waals surface area contributed by atoms with E-state index in [1.54, 1.807) is 0 Å². The van der Waals surface area contributed by atoms with Crippen LogP contribution in [0.1, 0.15) is 26.2 Å². The Morgan fingerprint density at radius 2 is 2.38 bits per heavy atom. The van der Waals surface area contributed by atoms with Gasteiger partial charge in [0.15, 0.2) is 0 Å². The molecule has 2 rings (SSSR count). The molecule has 0 aromatic carbocycles. The summed E-state index contributed by atoms with van der Waals surface area (Å²) < 4.78 is 0. The van der Waals surface area contributed by atoms with Crippen molar-refractivity contribution in [1.82, 2.24) is 4.90 Å². The van der Waals surface area contributed by atoms with Crippen molar-refractivity contribution in [3.8, 4) is 6.07 Å². The van der Waals surface area contributed by atoms with Crippen molar-refractivity contribution in [3.63, 3.8) is 0 Å². The summed E-state index contributed by atoms with van der Waals surface area (Å²) in [7, 11) is 0. The lowest BCUT2D eigenvalue weighted by Gasteiger charge is -2.31. The van der Waals surface area contributed by atoms with E-state index in [9.17, 15) is 0 Å². The number of rotatable bonds is 2. The number of hydrogen-bond donors (Lipinski definition) is 1. The molecule has 1 aliphatic heterocycles. The highest BCUT2D eigenvalue weighted by molar-refractivity contribution is 5.05. The molecule has 3 unspecified atom stereocenters. The number of hydrogen-bond acceptors (Lipinski definition) is 3. The first kappa shape index (κ1) is 8.98. The third kappa shape index (κ3) is 1.70. The second-order valence-electron chi connectivity index (χ2n) is 4.79. The summed E-state index contributed by atoms with van der Waals surface area (Å²) in [4.78, 5) is 2.40. The zero-order chi connectivity index (χ0) is 9.47. The standard InChI is InChI=1S/C10H17N3/c1-10(12,6-11)7-13-5-8-2-3-9(13)4-8/h8-9H,2-5,7,12H2,1H3. The molecular formula is C10H17N3. The lowest BCUT2D eigenvalue weighted by molar-refractivity contribution is 0.189. The first-order valence-corrected chi connectivity index (χ1v) is 5.05. The van der Waals surface area contributed by atoms with Crippen molar-refractivity contribution >= 4 is 0 Å². The summed E-state index contributed by atoms with van der Waals surface area (Å²) in [5.41, 5.74) is 5.16. The number of fused-ring (bicyclic) bond motifs is 2. The van der Waals surface area contributed by atoms with Gasteiger partial charge in [0.2, 0.25) is 0 Å². The molecule has 3 atom stereocenters. The molecule has 0 radical (unpaired) electrons. The second kappa shape index (κ2) is 2.97. The molecule has 2 fully saturated rings. The fraction of sp³-hybridized carbons (Fsp3) is 0.900. The number of nitrogens with two attached hydrogens (primary N) is 1. The van der Waals surface area contributed by atoms with E-state index in [0.29, 0.717) is 0 Å². The number of piperidine rings is 1. The molecule has 0 aromatic heterocycles.